The lowest BCUT2D eigenvalue weighted by Crippen LogP contribution is -2.39. The molecular formula is C14H22N2O. The summed E-state index contributed by atoms with van der Waals surface area (Å²) in [5.74, 6) is 0.467. The maximum absolute atomic E-state index is 11.8. The van der Waals surface area contributed by atoms with Gasteiger partial charge in [-0.15, -0.1) is 0 Å². The van der Waals surface area contributed by atoms with Crippen LogP contribution in [0.2, 0.25) is 0 Å². The van der Waals surface area contributed by atoms with Crippen molar-refractivity contribution in [3.63, 3.8) is 0 Å². The first-order chi connectivity index (χ1) is 7.91. The Labute approximate surface area is 103 Å². The monoisotopic (exact) mass is 234 g/mol. The van der Waals surface area contributed by atoms with Gasteiger partial charge in [-0.05, 0) is 29.5 Å². The highest BCUT2D eigenvalue weighted by Crippen LogP contribution is 2.18. The van der Waals surface area contributed by atoms with Crippen molar-refractivity contribution in [1.29, 1.82) is 0 Å². The molecule has 0 aliphatic rings. The molecule has 0 aliphatic carbocycles. The third-order valence-electron chi connectivity index (χ3n) is 2.84. The van der Waals surface area contributed by atoms with E-state index in [9.17, 15) is 4.79 Å². The molecule has 0 unspecified atom stereocenters. The Kier molecular flexibility index (Phi) is 4.70. The van der Waals surface area contributed by atoms with Gasteiger partial charge in [0.25, 0.3) is 0 Å². The fraction of sp³-hybridized carbons (Fsp3) is 0.500. The van der Waals surface area contributed by atoms with Crippen molar-refractivity contribution in [2.75, 3.05) is 5.32 Å². The normalized spacial score (nSPS) is 12.9. The van der Waals surface area contributed by atoms with E-state index in [1.807, 2.05) is 32.0 Å². The number of carbonyl (C=O) groups excluding carboxylic acids is 1. The molecular weight excluding hydrogens is 212 g/mol. The van der Waals surface area contributed by atoms with Crippen molar-refractivity contribution in [1.82, 2.24) is 0 Å². The van der Waals surface area contributed by atoms with E-state index in [2.05, 4.69) is 25.2 Å². The van der Waals surface area contributed by atoms with Crippen LogP contribution in [0.15, 0.2) is 24.3 Å². The van der Waals surface area contributed by atoms with E-state index in [-0.39, 0.29) is 11.8 Å². The van der Waals surface area contributed by atoms with E-state index in [0.717, 1.165) is 5.69 Å². The molecule has 0 fully saturated rings. The summed E-state index contributed by atoms with van der Waals surface area (Å²) in [5, 5.41) is 2.85. The van der Waals surface area contributed by atoms with Crippen molar-refractivity contribution >= 4 is 11.6 Å². The summed E-state index contributed by atoms with van der Waals surface area (Å²) in [4.78, 5) is 11.8. The van der Waals surface area contributed by atoms with Crippen LogP contribution in [0.25, 0.3) is 0 Å². The lowest BCUT2D eigenvalue weighted by atomic mass is 10.0. The summed E-state index contributed by atoms with van der Waals surface area (Å²) in [7, 11) is 0. The molecule has 1 rings (SSSR count). The first-order valence-electron chi connectivity index (χ1n) is 6.08. The minimum absolute atomic E-state index is 0.124. The van der Waals surface area contributed by atoms with Crippen LogP contribution in [0, 0.1) is 5.92 Å². The summed E-state index contributed by atoms with van der Waals surface area (Å²) in [5.41, 5.74) is 7.82. The molecule has 0 saturated carbocycles. The van der Waals surface area contributed by atoms with Gasteiger partial charge in [-0.2, -0.15) is 0 Å². The van der Waals surface area contributed by atoms with Gasteiger partial charge in [-0.25, -0.2) is 0 Å². The zero-order valence-corrected chi connectivity index (χ0v) is 11.0. The second-order valence-corrected chi connectivity index (χ2v) is 5.04. The van der Waals surface area contributed by atoms with Gasteiger partial charge in [0.05, 0.1) is 6.04 Å². The fourth-order valence-corrected chi connectivity index (χ4v) is 1.50. The lowest BCUT2D eigenvalue weighted by molar-refractivity contribution is -0.118. The molecule has 0 saturated heterocycles. The highest BCUT2D eigenvalue weighted by Gasteiger charge is 2.17. The molecule has 0 bridgehead atoms. The molecule has 94 valence electrons. The molecule has 0 aliphatic heterocycles. The SMILES string of the molecule is CC(C)c1cccc(NC(=O)[C@H](N)C(C)C)c1. The zero-order chi connectivity index (χ0) is 13.0. The quantitative estimate of drug-likeness (QED) is 0.841. The van der Waals surface area contributed by atoms with Crippen LogP contribution in [0.4, 0.5) is 5.69 Å². The molecule has 0 radical (unpaired) electrons. The van der Waals surface area contributed by atoms with Crippen LogP contribution in [0.1, 0.15) is 39.2 Å². The van der Waals surface area contributed by atoms with Gasteiger partial charge in [0.1, 0.15) is 0 Å². The Bertz CT molecular complexity index is 386. The van der Waals surface area contributed by atoms with Crippen LogP contribution in [0.5, 0.6) is 0 Å². The number of rotatable bonds is 4. The van der Waals surface area contributed by atoms with Crippen molar-refractivity contribution in [3.8, 4) is 0 Å². The Morgan fingerprint density at radius 1 is 1.24 bits per heavy atom. The number of anilines is 1. The fourth-order valence-electron chi connectivity index (χ4n) is 1.50. The van der Waals surface area contributed by atoms with Gasteiger partial charge in [-0.1, -0.05) is 39.8 Å². The number of benzene rings is 1. The van der Waals surface area contributed by atoms with Crippen molar-refractivity contribution in [2.24, 2.45) is 11.7 Å². The molecule has 3 N–H and O–H groups in total. The van der Waals surface area contributed by atoms with Crippen molar-refractivity contribution < 1.29 is 4.79 Å². The smallest absolute Gasteiger partial charge is 0.241 e. The Balaban J connectivity index is 2.75. The number of nitrogens with two attached hydrogens (primary N) is 1. The van der Waals surface area contributed by atoms with E-state index in [0.29, 0.717) is 5.92 Å². The van der Waals surface area contributed by atoms with E-state index >= 15 is 0 Å². The largest absolute Gasteiger partial charge is 0.325 e. The molecule has 0 spiro atoms. The van der Waals surface area contributed by atoms with Crippen molar-refractivity contribution in [2.45, 2.75) is 39.7 Å². The summed E-state index contributed by atoms with van der Waals surface area (Å²) in [6.07, 6.45) is 0. The van der Waals surface area contributed by atoms with E-state index in [1.54, 1.807) is 0 Å². The number of amides is 1. The number of nitrogens with one attached hydrogen (secondary N) is 1. The summed E-state index contributed by atoms with van der Waals surface area (Å²) >= 11 is 0. The van der Waals surface area contributed by atoms with Crippen LogP contribution in [0.3, 0.4) is 0 Å². The molecule has 1 aromatic carbocycles. The zero-order valence-electron chi connectivity index (χ0n) is 11.0. The topological polar surface area (TPSA) is 55.1 Å². The Morgan fingerprint density at radius 2 is 1.88 bits per heavy atom. The average molecular weight is 234 g/mol. The molecule has 1 amide bonds. The molecule has 1 atom stereocenters. The van der Waals surface area contributed by atoms with Gasteiger partial charge in [0.2, 0.25) is 5.91 Å². The molecule has 3 nitrogen and oxygen atoms in total. The average Bonchev–Trinajstić information content (AvgIpc) is 2.28. The number of carbonyl (C=O) groups is 1. The first kappa shape index (κ1) is 13.7. The molecule has 1 aromatic rings. The standard InChI is InChI=1S/C14H22N2O/c1-9(2)11-6-5-7-12(8-11)16-14(17)13(15)10(3)4/h5-10,13H,15H2,1-4H3,(H,16,17)/t13-/m1/s1. The predicted molar refractivity (Wildman–Crippen MR) is 72.0 cm³/mol. The lowest BCUT2D eigenvalue weighted by Gasteiger charge is -2.16. The molecule has 0 heterocycles. The third kappa shape index (κ3) is 3.86. The van der Waals surface area contributed by atoms with Crippen LogP contribution >= 0.6 is 0 Å². The highest BCUT2D eigenvalue weighted by atomic mass is 16.2. The van der Waals surface area contributed by atoms with Crippen LogP contribution in [-0.4, -0.2) is 11.9 Å². The molecule has 3 heteroatoms. The number of hydrogen-bond acceptors (Lipinski definition) is 2. The van der Waals surface area contributed by atoms with Gasteiger partial charge in [0.15, 0.2) is 0 Å². The minimum atomic E-state index is -0.460. The summed E-state index contributed by atoms with van der Waals surface area (Å²) in [6.45, 7) is 8.13. The van der Waals surface area contributed by atoms with Crippen LogP contribution in [-0.2, 0) is 4.79 Å². The van der Waals surface area contributed by atoms with Crippen molar-refractivity contribution in [3.05, 3.63) is 29.8 Å². The highest BCUT2D eigenvalue weighted by molar-refractivity contribution is 5.94. The second kappa shape index (κ2) is 5.82. The van der Waals surface area contributed by atoms with E-state index in [4.69, 9.17) is 5.73 Å². The van der Waals surface area contributed by atoms with E-state index < -0.39 is 6.04 Å². The van der Waals surface area contributed by atoms with Gasteiger partial charge >= 0.3 is 0 Å². The molecule has 0 aromatic heterocycles. The van der Waals surface area contributed by atoms with Crippen LogP contribution < -0.4 is 11.1 Å². The van der Waals surface area contributed by atoms with Gasteiger partial charge < -0.3 is 11.1 Å². The number of hydrogen-bond donors (Lipinski definition) is 2. The van der Waals surface area contributed by atoms with E-state index in [1.165, 1.54) is 5.56 Å². The second-order valence-electron chi connectivity index (χ2n) is 5.04. The Hall–Kier alpha value is -1.35. The summed E-state index contributed by atoms with van der Waals surface area (Å²) < 4.78 is 0. The first-order valence-corrected chi connectivity index (χ1v) is 6.08. The third-order valence-corrected chi connectivity index (χ3v) is 2.84. The minimum Gasteiger partial charge on any atom is -0.325 e. The van der Waals surface area contributed by atoms with Gasteiger partial charge in [-0.3, -0.25) is 4.79 Å². The Morgan fingerprint density at radius 3 is 2.41 bits per heavy atom. The summed E-state index contributed by atoms with van der Waals surface area (Å²) in [6, 6.07) is 7.43. The maximum atomic E-state index is 11.8. The predicted octanol–water partition coefficient (Wildman–Crippen LogP) is 2.73. The molecule has 17 heavy (non-hydrogen) atoms. The van der Waals surface area contributed by atoms with Gasteiger partial charge in [0, 0.05) is 5.69 Å². The maximum Gasteiger partial charge on any atom is 0.241 e.